The van der Waals surface area contributed by atoms with Crippen LogP contribution >= 0.6 is 0 Å². The first-order chi connectivity index (χ1) is 16.2. The van der Waals surface area contributed by atoms with Crippen LogP contribution < -0.4 is 0 Å². The number of carbonyl (C=O) groups is 1. The summed E-state index contributed by atoms with van der Waals surface area (Å²) >= 11 is 0. The van der Waals surface area contributed by atoms with Crippen LogP contribution in [0.4, 0.5) is 0 Å². The summed E-state index contributed by atoms with van der Waals surface area (Å²) in [4.78, 5) is 16.5. The maximum atomic E-state index is 11.7. The number of allylic oxidation sites excluding steroid dienone is 2. The predicted octanol–water partition coefficient (Wildman–Crippen LogP) is 8.49. The first-order valence-electron chi connectivity index (χ1n) is 12.5. The standard InChI is InChI=1S/C18H16N.C13H24O2.Ir/c1-12-4-6-17-15(9-12)5-7-18(19-17)16-10-13(2)8-14(3)11-16;1-5-10(6-2)12(14)9-13(15)11(7-3)8-4;/h4-10H,1-3H3;9-11,14H,5-8H2,1-4H3;/q-1;;/b;12-9-;. The Balaban J connectivity index is 0.000000352. The molecular formula is C31H40IrNO2-. The van der Waals surface area contributed by atoms with Gasteiger partial charge in [0.1, 0.15) is 0 Å². The number of aryl methyl sites for hydroxylation is 3. The van der Waals surface area contributed by atoms with Crippen LogP contribution in [-0.2, 0) is 24.9 Å². The van der Waals surface area contributed by atoms with Crippen LogP contribution in [0.15, 0.2) is 54.3 Å². The van der Waals surface area contributed by atoms with E-state index in [1.54, 1.807) is 0 Å². The quantitative estimate of drug-likeness (QED) is 0.151. The molecule has 0 amide bonds. The van der Waals surface area contributed by atoms with Crippen molar-refractivity contribution in [3.05, 3.63) is 77.1 Å². The number of aromatic nitrogens is 1. The van der Waals surface area contributed by atoms with Gasteiger partial charge in [-0.25, -0.2) is 0 Å². The SMILES string of the molecule is CCC(CC)C(=O)/C=C(\O)C(CC)CC.Cc1[c-]c(-c2ccc3cc(C)ccc3n2)cc(C)c1.[Ir]. The number of aliphatic hydroxyl groups is 1. The van der Waals surface area contributed by atoms with Gasteiger partial charge < -0.3 is 5.11 Å². The van der Waals surface area contributed by atoms with Crippen LogP contribution in [0.2, 0.25) is 0 Å². The van der Waals surface area contributed by atoms with E-state index in [0.717, 1.165) is 48.0 Å². The molecule has 0 aliphatic heterocycles. The molecule has 0 saturated carbocycles. The second-order valence-corrected chi connectivity index (χ2v) is 9.15. The fourth-order valence-electron chi connectivity index (χ4n) is 4.21. The molecule has 3 rings (SSSR count). The molecule has 0 aliphatic carbocycles. The Morgan fingerprint density at radius 2 is 1.51 bits per heavy atom. The second-order valence-electron chi connectivity index (χ2n) is 9.15. The van der Waals surface area contributed by atoms with Crippen molar-refractivity contribution in [2.45, 2.75) is 74.1 Å². The molecule has 2 aromatic carbocycles. The Kier molecular flexibility index (Phi) is 13.1. The molecule has 0 fully saturated rings. The van der Waals surface area contributed by atoms with Gasteiger partial charge in [-0.3, -0.25) is 9.78 Å². The van der Waals surface area contributed by atoms with Crippen molar-refractivity contribution in [3.8, 4) is 11.3 Å². The molecule has 1 N–H and O–H groups in total. The fraction of sp³-hybridized carbons (Fsp3) is 0.419. The van der Waals surface area contributed by atoms with Crippen molar-refractivity contribution in [3.63, 3.8) is 0 Å². The third-order valence-electron chi connectivity index (χ3n) is 6.35. The molecule has 3 nitrogen and oxygen atoms in total. The molecule has 0 spiro atoms. The van der Waals surface area contributed by atoms with Gasteiger partial charge in [-0.15, -0.1) is 34.9 Å². The van der Waals surface area contributed by atoms with Gasteiger partial charge in [-0.2, -0.15) is 0 Å². The van der Waals surface area contributed by atoms with Crippen LogP contribution in [0.1, 0.15) is 70.1 Å². The van der Waals surface area contributed by atoms with Gasteiger partial charge in [0.25, 0.3) is 0 Å². The van der Waals surface area contributed by atoms with Crippen LogP contribution in [0, 0.1) is 38.7 Å². The van der Waals surface area contributed by atoms with E-state index in [-0.39, 0.29) is 43.5 Å². The molecule has 35 heavy (non-hydrogen) atoms. The van der Waals surface area contributed by atoms with Gasteiger partial charge in [0, 0.05) is 38.0 Å². The van der Waals surface area contributed by atoms with Gasteiger partial charge in [0.15, 0.2) is 5.78 Å². The van der Waals surface area contributed by atoms with Gasteiger partial charge in [0.2, 0.25) is 0 Å². The number of carbonyl (C=O) groups excluding carboxylic acids is 1. The molecule has 0 bridgehead atoms. The van der Waals surface area contributed by atoms with Crippen molar-refractivity contribution in [2.24, 2.45) is 11.8 Å². The molecule has 0 unspecified atom stereocenters. The zero-order valence-corrected chi connectivity index (χ0v) is 24.6. The molecule has 0 atom stereocenters. The number of benzene rings is 2. The van der Waals surface area contributed by atoms with Gasteiger partial charge in [-0.05, 0) is 55.8 Å². The summed E-state index contributed by atoms with van der Waals surface area (Å²) in [5.41, 5.74) is 6.76. The predicted molar refractivity (Wildman–Crippen MR) is 144 cm³/mol. The number of pyridine rings is 1. The minimum Gasteiger partial charge on any atom is -0.512 e. The van der Waals surface area contributed by atoms with Gasteiger partial charge in [-0.1, -0.05) is 65.3 Å². The van der Waals surface area contributed by atoms with E-state index in [9.17, 15) is 9.90 Å². The molecule has 0 saturated heterocycles. The third-order valence-corrected chi connectivity index (χ3v) is 6.35. The number of hydrogen-bond acceptors (Lipinski definition) is 3. The Morgan fingerprint density at radius 3 is 2.09 bits per heavy atom. The minimum absolute atomic E-state index is 0. The van der Waals surface area contributed by atoms with Crippen molar-refractivity contribution >= 4 is 16.7 Å². The smallest absolute Gasteiger partial charge is 0.162 e. The average Bonchev–Trinajstić information content (AvgIpc) is 2.80. The number of fused-ring (bicyclic) bond motifs is 1. The van der Waals surface area contributed by atoms with Crippen LogP contribution in [0.3, 0.4) is 0 Å². The summed E-state index contributed by atoms with van der Waals surface area (Å²) < 4.78 is 0. The number of nitrogens with zero attached hydrogens (tertiary/aromatic N) is 1. The zero-order valence-electron chi connectivity index (χ0n) is 22.2. The van der Waals surface area contributed by atoms with E-state index >= 15 is 0 Å². The van der Waals surface area contributed by atoms with Crippen LogP contribution in [0.25, 0.3) is 22.2 Å². The first kappa shape index (κ1) is 30.7. The van der Waals surface area contributed by atoms with E-state index < -0.39 is 0 Å². The maximum Gasteiger partial charge on any atom is 0.162 e. The number of aliphatic hydroxyl groups excluding tert-OH is 1. The number of ketones is 1. The molecule has 0 aliphatic rings. The van der Waals surface area contributed by atoms with E-state index in [1.165, 1.54) is 22.6 Å². The van der Waals surface area contributed by atoms with Gasteiger partial charge in [0.05, 0.1) is 11.3 Å². The monoisotopic (exact) mass is 651 g/mol. The molecule has 1 radical (unpaired) electrons. The summed E-state index contributed by atoms with van der Waals surface area (Å²) in [7, 11) is 0. The third kappa shape index (κ3) is 9.02. The summed E-state index contributed by atoms with van der Waals surface area (Å²) in [5.74, 6) is 0.547. The molecular weight excluding hydrogens is 611 g/mol. The van der Waals surface area contributed by atoms with Crippen molar-refractivity contribution in [2.75, 3.05) is 0 Å². The van der Waals surface area contributed by atoms with E-state index in [1.807, 2.05) is 27.7 Å². The topological polar surface area (TPSA) is 50.2 Å². The summed E-state index contributed by atoms with van der Waals surface area (Å²) in [6.07, 6.45) is 4.91. The normalized spacial score (nSPS) is 11.3. The minimum atomic E-state index is 0. The zero-order chi connectivity index (χ0) is 25.3. The average molecular weight is 651 g/mol. The Morgan fingerprint density at radius 1 is 0.886 bits per heavy atom. The molecule has 1 heterocycles. The second kappa shape index (κ2) is 15.0. The summed E-state index contributed by atoms with van der Waals surface area (Å²) in [5, 5.41) is 10.9. The van der Waals surface area contributed by atoms with Crippen molar-refractivity contribution in [1.29, 1.82) is 0 Å². The maximum absolute atomic E-state index is 11.7. The summed E-state index contributed by atoms with van der Waals surface area (Å²) in [6, 6.07) is 18.2. The van der Waals surface area contributed by atoms with Crippen molar-refractivity contribution in [1.82, 2.24) is 4.98 Å². The largest absolute Gasteiger partial charge is 0.512 e. The molecule has 191 valence electrons. The first-order valence-corrected chi connectivity index (χ1v) is 12.5. The van der Waals surface area contributed by atoms with E-state index in [2.05, 4.69) is 69.3 Å². The molecule has 1 aromatic heterocycles. The Bertz CT molecular complexity index is 1110. The molecule has 4 heteroatoms. The number of hydrogen-bond donors (Lipinski definition) is 1. The summed E-state index contributed by atoms with van der Waals surface area (Å²) in [6.45, 7) is 14.3. The molecule has 3 aromatic rings. The Hall–Kier alpha value is -2.29. The van der Waals surface area contributed by atoms with Crippen molar-refractivity contribution < 1.29 is 30.0 Å². The fourth-order valence-corrected chi connectivity index (χ4v) is 4.21. The van der Waals surface area contributed by atoms with E-state index in [0.29, 0.717) is 0 Å². The van der Waals surface area contributed by atoms with Crippen LogP contribution in [0.5, 0.6) is 0 Å². The van der Waals surface area contributed by atoms with Crippen LogP contribution in [-0.4, -0.2) is 15.9 Å². The van der Waals surface area contributed by atoms with Gasteiger partial charge >= 0.3 is 0 Å². The number of rotatable bonds is 8. The van der Waals surface area contributed by atoms with E-state index in [4.69, 9.17) is 4.98 Å². The Labute approximate surface area is 225 Å².